The Morgan fingerprint density at radius 3 is 1.33 bits per heavy atom. The van der Waals surface area contributed by atoms with Gasteiger partial charge in [0.1, 0.15) is 11.7 Å². The lowest BCUT2D eigenvalue weighted by Crippen LogP contribution is -2.32. The minimum atomic E-state index is -1.20. The van der Waals surface area contributed by atoms with Gasteiger partial charge >= 0.3 is 11.9 Å². The fourth-order valence-electron chi connectivity index (χ4n) is 4.04. The van der Waals surface area contributed by atoms with E-state index in [0.29, 0.717) is 19.1 Å². The summed E-state index contributed by atoms with van der Waals surface area (Å²) < 4.78 is 0. The summed E-state index contributed by atoms with van der Waals surface area (Å²) in [7, 11) is 0. The highest BCUT2D eigenvalue weighted by molar-refractivity contribution is 5.91. The average Bonchev–Trinajstić information content (AvgIpc) is 2.72. The smallest absolute Gasteiger partial charge is 0.316 e. The molecule has 0 spiro atoms. The van der Waals surface area contributed by atoms with Gasteiger partial charge in [-0.1, -0.05) is 110 Å². The molecule has 30 heavy (non-hydrogen) atoms. The van der Waals surface area contributed by atoms with Crippen LogP contribution in [-0.4, -0.2) is 28.4 Å². The van der Waals surface area contributed by atoms with Gasteiger partial charge in [-0.3, -0.25) is 9.59 Å². The van der Waals surface area contributed by atoms with Crippen LogP contribution in [0.5, 0.6) is 0 Å². The number of aliphatic carboxylic acids is 2. The Morgan fingerprint density at radius 2 is 1.00 bits per heavy atom. The average molecular weight is 427 g/mol. The number of carboxylic acid groups (broad SMARTS) is 2. The molecule has 0 aliphatic carbocycles. The van der Waals surface area contributed by atoms with E-state index in [-0.39, 0.29) is 6.42 Å². The fourth-order valence-corrected chi connectivity index (χ4v) is 4.04. The Labute approximate surface area is 184 Å². The van der Waals surface area contributed by atoms with Gasteiger partial charge in [0, 0.05) is 6.42 Å². The molecule has 5 heteroatoms. The van der Waals surface area contributed by atoms with Crippen LogP contribution >= 0.6 is 0 Å². The summed E-state index contributed by atoms with van der Waals surface area (Å²) in [6.45, 7) is 2.22. The summed E-state index contributed by atoms with van der Waals surface area (Å²) in [4.78, 5) is 33.8. The third-order valence-corrected chi connectivity index (χ3v) is 6.14. The number of hydrogen-bond donors (Lipinski definition) is 2. The summed E-state index contributed by atoms with van der Waals surface area (Å²) in [5, 5.41) is 18.2. The molecule has 5 nitrogen and oxygen atoms in total. The Kier molecular flexibility index (Phi) is 18.7. The Morgan fingerprint density at radius 1 is 0.633 bits per heavy atom. The molecule has 0 aliphatic rings. The number of carboxylic acids is 2. The van der Waals surface area contributed by atoms with Gasteiger partial charge in [-0.15, -0.1) is 0 Å². The van der Waals surface area contributed by atoms with Crippen LogP contribution in [0, 0.1) is 5.41 Å². The molecule has 0 aromatic rings. The van der Waals surface area contributed by atoms with Gasteiger partial charge < -0.3 is 15.0 Å². The maximum Gasteiger partial charge on any atom is 0.316 e. The fraction of sp³-hybridized carbons (Fsp3) is 0.880. The first-order valence-electron chi connectivity index (χ1n) is 12.4. The van der Waals surface area contributed by atoms with E-state index in [2.05, 4.69) is 6.92 Å². The van der Waals surface area contributed by atoms with Crippen LogP contribution in [0.3, 0.4) is 0 Å². The number of carbonyl (C=O) groups is 3. The summed E-state index contributed by atoms with van der Waals surface area (Å²) in [6, 6.07) is 0. The van der Waals surface area contributed by atoms with Crippen molar-refractivity contribution in [2.75, 3.05) is 0 Å². The van der Waals surface area contributed by atoms with E-state index < -0.39 is 17.4 Å². The molecule has 0 heterocycles. The van der Waals surface area contributed by atoms with E-state index in [9.17, 15) is 19.5 Å². The largest absolute Gasteiger partial charge is 0.481 e. The van der Waals surface area contributed by atoms with Crippen molar-refractivity contribution < 1.29 is 24.6 Å². The van der Waals surface area contributed by atoms with E-state index >= 15 is 0 Å². The minimum Gasteiger partial charge on any atom is -0.481 e. The second-order valence-electron chi connectivity index (χ2n) is 8.88. The van der Waals surface area contributed by atoms with Gasteiger partial charge in [-0.05, 0) is 19.3 Å². The quantitative estimate of drug-likeness (QED) is 0.103. The van der Waals surface area contributed by atoms with Crippen molar-refractivity contribution in [3.8, 4) is 0 Å². The molecule has 0 saturated heterocycles. The molecule has 1 unspecified atom stereocenters. The van der Waals surface area contributed by atoms with Gasteiger partial charge in [-0.25, -0.2) is 0 Å². The molecule has 1 atom stereocenters. The SMILES string of the molecule is CCCCCCCCCCCC(C=O)(CCCCCCCCCCC(=O)O)C(=O)O. The standard InChI is InChI=1S/C25H46O5/c1-2-3-4-5-6-8-11-14-17-20-25(22-26,24(29)30)21-18-15-12-9-7-10-13-16-19-23(27)28/h22H,2-21H2,1H3,(H,27,28)(H,29,30). The lowest BCUT2D eigenvalue weighted by Gasteiger charge is -2.23. The molecule has 0 bridgehead atoms. The molecule has 2 N–H and O–H groups in total. The maximum atomic E-state index is 11.8. The van der Waals surface area contributed by atoms with E-state index in [1.54, 1.807) is 0 Å². The van der Waals surface area contributed by atoms with Crippen LogP contribution in [0.2, 0.25) is 0 Å². The molecule has 0 rings (SSSR count). The van der Waals surface area contributed by atoms with Crippen LogP contribution in [0.15, 0.2) is 0 Å². The summed E-state index contributed by atoms with van der Waals surface area (Å²) in [6.07, 6.45) is 20.2. The Balaban J connectivity index is 3.86. The van der Waals surface area contributed by atoms with Crippen molar-refractivity contribution in [3.05, 3.63) is 0 Å². The first-order valence-corrected chi connectivity index (χ1v) is 12.4. The topological polar surface area (TPSA) is 91.7 Å². The van der Waals surface area contributed by atoms with Crippen molar-refractivity contribution in [1.82, 2.24) is 0 Å². The molecule has 0 aromatic heterocycles. The lowest BCUT2D eigenvalue weighted by atomic mass is 9.79. The third kappa shape index (κ3) is 15.4. The molecular weight excluding hydrogens is 380 g/mol. The zero-order chi connectivity index (χ0) is 22.5. The van der Waals surface area contributed by atoms with Crippen molar-refractivity contribution in [2.45, 2.75) is 135 Å². The number of aldehydes is 1. The van der Waals surface area contributed by atoms with Crippen LogP contribution in [0.4, 0.5) is 0 Å². The second kappa shape index (κ2) is 19.6. The maximum absolute atomic E-state index is 11.8. The molecule has 0 aliphatic heterocycles. The van der Waals surface area contributed by atoms with Gasteiger partial charge in [0.05, 0.1) is 0 Å². The zero-order valence-electron chi connectivity index (χ0n) is 19.3. The van der Waals surface area contributed by atoms with Crippen LogP contribution in [0.1, 0.15) is 135 Å². The third-order valence-electron chi connectivity index (χ3n) is 6.14. The Bertz CT molecular complexity index is 449. The van der Waals surface area contributed by atoms with Gasteiger partial charge in [0.15, 0.2) is 0 Å². The molecule has 176 valence electrons. The zero-order valence-corrected chi connectivity index (χ0v) is 19.3. The highest BCUT2D eigenvalue weighted by Crippen LogP contribution is 2.30. The van der Waals surface area contributed by atoms with Crippen LogP contribution < -0.4 is 0 Å². The molecule has 0 fully saturated rings. The highest BCUT2D eigenvalue weighted by Gasteiger charge is 2.37. The number of unbranched alkanes of at least 4 members (excludes halogenated alkanes) is 15. The number of hydrogen-bond acceptors (Lipinski definition) is 3. The number of rotatable bonds is 23. The predicted molar refractivity (Wildman–Crippen MR) is 122 cm³/mol. The van der Waals surface area contributed by atoms with Crippen LogP contribution in [-0.2, 0) is 14.4 Å². The predicted octanol–water partition coefficient (Wildman–Crippen LogP) is 7.16. The normalized spacial score (nSPS) is 13.1. The molecular formula is C25H46O5. The van der Waals surface area contributed by atoms with E-state index in [4.69, 9.17) is 5.11 Å². The van der Waals surface area contributed by atoms with Gasteiger partial charge in [0.2, 0.25) is 0 Å². The lowest BCUT2D eigenvalue weighted by molar-refractivity contribution is -0.152. The van der Waals surface area contributed by atoms with Crippen molar-refractivity contribution in [2.24, 2.45) is 5.41 Å². The first-order chi connectivity index (χ1) is 14.5. The summed E-state index contributed by atoms with van der Waals surface area (Å²) in [5.41, 5.74) is -1.20. The van der Waals surface area contributed by atoms with Crippen LogP contribution in [0.25, 0.3) is 0 Å². The molecule has 0 aromatic carbocycles. The molecule has 0 saturated carbocycles. The molecule has 0 radical (unpaired) electrons. The van der Waals surface area contributed by atoms with Gasteiger partial charge in [0.25, 0.3) is 0 Å². The second-order valence-corrected chi connectivity index (χ2v) is 8.88. The molecule has 0 amide bonds. The minimum absolute atomic E-state index is 0.252. The Hall–Kier alpha value is -1.39. The van der Waals surface area contributed by atoms with Gasteiger partial charge in [-0.2, -0.15) is 0 Å². The van der Waals surface area contributed by atoms with E-state index in [1.165, 1.54) is 38.5 Å². The highest BCUT2D eigenvalue weighted by atomic mass is 16.4. The number of carbonyl (C=O) groups excluding carboxylic acids is 1. The van der Waals surface area contributed by atoms with Crippen molar-refractivity contribution in [1.29, 1.82) is 0 Å². The first kappa shape index (κ1) is 28.6. The summed E-state index contributed by atoms with van der Waals surface area (Å²) >= 11 is 0. The van der Waals surface area contributed by atoms with Crippen molar-refractivity contribution in [3.63, 3.8) is 0 Å². The monoisotopic (exact) mass is 426 g/mol. The van der Waals surface area contributed by atoms with Crippen molar-refractivity contribution >= 4 is 18.2 Å². The summed E-state index contributed by atoms with van der Waals surface area (Å²) in [5.74, 6) is -1.69. The van der Waals surface area contributed by atoms with E-state index in [1.807, 2.05) is 0 Å². The van der Waals surface area contributed by atoms with E-state index in [0.717, 1.165) is 70.6 Å².